The lowest BCUT2D eigenvalue weighted by atomic mass is 10.3. The van der Waals surface area contributed by atoms with Crippen LogP contribution in [0.2, 0.25) is 0 Å². The lowest BCUT2D eigenvalue weighted by molar-refractivity contribution is -0.118. The van der Waals surface area contributed by atoms with E-state index in [-0.39, 0.29) is 23.6 Å². The third-order valence-electron chi connectivity index (χ3n) is 3.50. The number of halogens is 2. The molecule has 0 aliphatic rings. The molecule has 0 aliphatic heterocycles. The Kier molecular flexibility index (Phi) is 4.04. The highest BCUT2D eigenvalue weighted by atomic mass is 79.9. The zero-order valence-electron chi connectivity index (χ0n) is 12.1. The van der Waals surface area contributed by atoms with Crippen LogP contribution >= 0.6 is 15.9 Å². The van der Waals surface area contributed by atoms with Crippen LogP contribution in [0.1, 0.15) is 0 Å². The second kappa shape index (κ2) is 6.00. The van der Waals surface area contributed by atoms with Gasteiger partial charge >= 0.3 is 5.76 Å². The average Bonchev–Trinajstić information content (AvgIpc) is 2.84. The molecule has 0 saturated heterocycles. The number of carbonyl (C=O) groups is 1. The van der Waals surface area contributed by atoms with Crippen LogP contribution in [-0.2, 0) is 11.3 Å². The standard InChI is InChI=1S/C16H12BrFN2O3/c1-19(11-5-3-2-4-6-11)14(21)9-20-13-8-10(17)7-12(18)15(13)23-16(20)22/h2-8H,9H2,1H3. The van der Waals surface area contributed by atoms with Crippen molar-refractivity contribution in [2.24, 2.45) is 0 Å². The minimum atomic E-state index is -0.771. The van der Waals surface area contributed by atoms with E-state index in [1.54, 1.807) is 25.2 Å². The zero-order valence-corrected chi connectivity index (χ0v) is 13.7. The van der Waals surface area contributed by atoms with E-state index < -0.39 is 11.6 Å². The molecule has 0 radical (unpaired) electrons. The molecule has 23 heavy (non-hydrogen) atoms. The molecule has 3 aromatic rings. The van der Waals surface area contributed by atoms with Gasteiger partial charge in [0, 0.05) is 17.2 Å². The van der Waals surface area contributed by atoms with Crippen molar-refractivity contribution in [1.82, 2.24) is 4.57 Å². The molecule has 1 aromatic heterocycles. The molecule has 0 N–H and O–H groups in total. The molecule has 5 nitrogen and oxygen atoms in total. The number of anilines is 1. The number of rotatable bonds is 3. The van der Waals surface area contributed by atoms with Crippen LogP contribution in [0.5, 0.6) is 0 Å². The number of carbonyl (C=O) groups excluding carboxylic acids is 1. The van der Waals surface area contributed by atoms with E-state index in [1.165, 1.54) is 11.0 Å². The van der Waals surface area contributed by atoms with Crippen LogP contribution < -0.4 is 10.7 Å². The highest BCUT2D eigenvalue weighted by Gasteiger charge is 2.19. The van der Waals surface area contributed by atoms with Gasteiger partial charge in [0.1, 0.15) is 6.54 Å². The van der Waals surface area contributed by atoms with Crippen LogP contribution in [0.15, 0.2) is 56.1 Å². The molecule has 0 fully saturated rings. The number of hydrogen-bond acceptors (Lipinski definition) is 3. The van der Waals surface area contributed by atoms with Crippen molar-refractivity contribution in [3.05, 3.63) is 63.3 Å². The third kappa shape index (κ3) is 2.92. The number of nitrogens with zero attached hydrogens (tertiary/aromatic N) is 2. The van der Waals surface area contributed by atoms with Crippen LogP contribution in [0.25, 0.3) is 11.1 Å². The first-order chi connectivity index (χ1) is 11.0. The maximum absolute atomic E-state index is 13.8. The Balaban J connectivity index is 1.97. The zero-order chi connectivity index (χ0) is 16.6. The number of para-hydroxylation sites is 1. The van der Waals surface area contributed by atoms with E-state index >= 15 is 0 Å². The number of benzene rings is 2. The molecular weight excluding hydrogens is 367 g/mol. The van der Waals surface area contributed by atoms with E-state index in [1.807, 2.05) is 18.2 Å². The fraction of sp³-hybridized carbons (Fsp3) is 0.125. The second-order valence-corrected chi connectivity index (χ2v) is 5.89. The second-order valence-electron chi connectivity index (χ2n) is 4.98. The van der Waals surface area contributed by atoms with Crippen molar-refractivity contribution in [1.29, 1.82) is 0 Å². The fourth-order valence-electron chi connectivity index (χ4n) is 2.28. The van der Waals surface area contributed by atoms with Gasteiger partial charge in [-0.05, 0) is 24.3 Å². The summed E-state index contributed by atoms with van der Waals surface area (Å²) in [5.74, 6) is -1.75. The van der Waals surface area contributed by atoms with E-state index in [4.69, 9.17) is 4.42 Å². The van der Waals surface area contributed by atoms with Gasteiger partial charge in [-0.2, -0.15) is 0 Å². The van der Waals surface area contributed by atoms with Gasteiger partial charge in [-0.25, -0.2) is 9.18 Å². The summed E-state index contributed by atoms with van der Waals surface area (Å²) < 4.78 is 20.3. The van der Waals surface area contributed by atoms with Gasteiger partial charge < -0.3 is 9.32 Å². The first-order valence-corrected chi connectivity index (χ1v) is 7.56. The number of aromatic nitrogens is 1. The summed E-state index contributed by atoms with van der Waals surface area (Å²) in [6, 6.07) is 11.8. The molecule has 0 saturated carbocycles. The van der Waals surface area contributed by atoms with Crippen molar-refractivity contribution >= 4 is 38.6 Å². The van der Waals surface area contributed by atoms with Crippen molar-refractivity contribution in [3.8, 4) is 0 Å². The van der Waals surface area contributed by atoms with Crippen LogP contribution in [0, 0.1) is 5.82 Å². The predicted molar refractivity (Wildman–Crippen MR) is 88.0 cm³/mol. The van der Waals surface area contributed by atoms with Crippen molar-refractivity contribution in [3.63, 3.8) is 0 Å². The van der Waals surface area contributed by atoms with E-state index in [2.05, 4.69) is 15.9 Å². The first kappa shape index (κ1) is 15.5. The quantitative estimate of drug-likeness (QED) is 0.703. The number of oxazole rings is 1. The number of amides is 1. The molecule has 0 aliphatic carbocycles. The molecule has 0 spiro atoms. The van der Waals surface area contributed by atoms with Gasteiger partial charge in [0.2, 0.25) is 5.91 Å². The summed E-state index contributed by atoms with van der Waals surface area (Å²) in [4.78, 5) is 25.8. The first-order valence-electron chi connectivity index (χ1n) is 6.77. The Morgan fingerprint density at radius 2 is 2.00 bits per heavy atom. The van der Waals surface area contributed by atoms with Gasteiger partial charge in [0.05, 0.1) is 5.52 Å². The van der Waals surface area contributed by atoms with Gasteiger partial charge in [-0.3, -0.25) is 9.36 Å². The van der Waals surface area contributed by atoms with E-state index in [9.17, 15) is 14.0 Å². The monoisotopic (exact) mass is 378 g/mol. The molecule has 1 amide bonds. The van der Waals surface area contributed by atoms with Gasteiger partial charge in [-0.15, -0.1) is 0 Å². The summed E-state index contributed by atoms with van der Waals surface area (Å²) in [5.41, 5.74) is 0.774. The van der Waals surface area contributed by atoms with Crippen LogP contribution in [0.3, 0.4) is 0 Å². The van der Waals surface area contributed by atoms with Crippen LogP contribution in [-0.4, -0.2) is 17.5 Å². The normalized spacial score (nSPS) is 10.9. The fourth-order valence-corrected chi connectivity index (χ4v) is 2.69. The highest BCUT2D eigenvalue weighted by Crippen LogP contribution is 2.23. The van der Waals surface area contributed by atoms with Crippen molar-refractivity contribution < 1.29 is 13.6 Å². The lowest BCUT2D eigenvalue weighted by Gasteiger charge is -2.17. The summed E-state index contributed by atoms with van der Waals surface area (Å²) in [6.07, 6.45) is 0. The molecular formula is C16H12BrFN2O3. The molecule has 7 heteroatoms. The van der Waals surface area contributed by atoms with Crippen LogP contribution in [0.4, 0.5) is 10.1 Å². The number of hydrogen-bond donors (Lipinski definition) is 0. The Morgan fingerprint density at radius 3 is 2.70 bits per heavy atom. The summed E-state index contributed by atoms with van der Waals surface area (Å²) >= 11 is 3.17. The topological polar surface area (TPSA) is 55.5 Å². The Bertz CT molecular complexity index is 934. The minimum Gasteiger partial charge on any atom is -0.405 e. The van der Waals surface area contributed by atoms with Gasteiger partial charge in [0.25, 0.3) is 0 Å². The SMILES string of the molecule is CN(C(=O)Cn1c(=O)oc2c(F)cc(Br)cc21)c1ccccc1. The molecule has 118 valence electrons. The molecule has 0 atom stereocenters. The Labute approximate surface area is 139 Å². The molecule has 3 rings (SSSR count). The minimum absolute atomic E-state index is 0.159. The largest absolute Gasteiger partial charge is 0.420 e. The Morgan fingerprint density at radius 1 is 1.30 bits per heavy atom. The van der Waals surface area contributed by atoms with Crippen molar-refractivity contribution in [2.45, 2.75) is 6.54 Å². The summed E-state index contributed by atoms with van der Waals surface area (Å²) in [7, 11) is 1.61. The maximum atomic E-state index is 13.8. The predicted octanol–water partition coefficient (Wildman–Crippen LogP) is 3.16. The Hall–Kier alpha value is -2.41. The van der Waals surface area contributed by atoms with E-state index in [0.29, 0.717) is 10.2 Å². The number of likely N-dealkylation sites (N-methyl/N-ethyl adjacent to an activating group) is 1. The molecule has 0 unspecified atom stereocenters. The molecule has 1 heterocycles. The van der Waals surface area contributed by atoms with Gasteiger partial charge in [0.15, 0.2) is 11.4 Å². The summed E-state index contributed by atoms with van der Waals surface area (Å²) in [6.45, 7) is -0.243. The number of fused-ring (bicyclic) bond motifs is 1. The molecule has 0 bridgehead atoms. The van der Waals surface area contributed by atoms with Gasteiger partial charge in [-0.1, -0.05) is 34.1 Å². The maximum Gasteiger partial charge on any atom is 0.420 e. The third-order valence-corrected chi connectivity index (χ3v) is 3.96. The highest BCUT2D eigenvalue weighted by molar-refractivity contribution is 9.10. The molecule has 2 aromatic carbocycles. The van der Waals surface area contributed by atoms with Crippen molar-refractivity contribution in [2.75, 3.05) is 11.9 Å². The average molecular weight is 379 g/mol. The van der Waals surface area contributed by atoms with E-state index in [0.717, 1.165) is 4.57 Å². The lowest BCUT2D eigenvalue weighted by Crippen LogP contribution is -2.32. The summed E-state index contributed by atoms with van der Waals surface area (Å²) in [5, 5.41) is 0. The smallest absolute Gasteiger partial charge is 0.405 e.